The van der Waals surface area contributed by atoms with Gasteiger partial charge in [-0.3, -0.25) is 19.3 Å². The van der Waals surface area contributed by atoms with Gasteiger partial charge >= 0.3 is 0 Å². The number of nitrogens with one attached hydrogen (secondary N) is 1. The van der Waals surface area contributed by atoms with Crippen LogP contribution in [0.4, 0.5) is 0 Å². The molecule has 5 nitrogen and oxygen atoms in total. The van der Waals surface area contributed by atoms with Crippen LogP contribution in [0.15, 0.2) is 12.2 Å². The van der Waals surface area contributed by atoms with Gasteiger partial charge in [0.25, 0.3) is 0 Å². The molecular formula is C17H24N2O3. The van der Waals surface area contributed by atoms with Gasteiger partial charge in [0, 0.05) is 6.54 Å². The zero-order valence-corrected chi connectivity index (χ0v) is 13.5. The van der Waals surface area contributed by atoms with Crippen molar-refractivity contribution in [2.24, 2.45) is 29.1 Å². The predicted octanol–water partition coefficient (Wildman–Crippen LogP) is 1.35. The molecular weight excluding hydrogens is 280 g/mol. The number of carbonyl (C=O) groups is 3. The molecule has 120 valence electrons. The Morgan fingerprint density at radius 2 is 1.73 bits per heavy atom. The minimum Gasteiger partial charge on any atom is -0.355 e. The smallest absolute Gasteiger partial charge is 0.240 e. The number of nitrogens with zero attached hydrogens (tertiary/aromatic N) is 1. The van der Waals surface area contributed by atoms with Gasteiger partial charge in [-0.1, -0.05) is 32.9 Å². The van der Waals surface area contributed by atoms with E-state index in [0.29, 0.717) is 6.54 Å². The molecule has 5 heteroatoms. The summed E-state index contributed by atoms with van der Waals surface area (Å²) >= 11 is 0. The van der Waals surface area contributed by atoms with Crippen LogP contribution in [0.1, 0.15) is 33.6 Å². The number of likely N-dealkylation sites (tertiary alicyclic amines) is 1. The normalized spacial score (nSPS) is 32.8. The van der Waals surface area contributed by atoms with E-state index >= 15 is 0 Å². The lowest BCUT2D eigenvalue weighted by Gasteiger charge is -2.20. The lowest BCUT2D eigenvalue weighted by atomic mass is 9.85. The maximum Gasteiger partial charge on any atom is 0.240 e. The Morgan fingerprint density at radius 1 is 1.18 bits per heavy atom. The van der Waals surface area contributed by atoms with Crippen molar-refractivity contribution in [3.8, 4) is 0 Å². The second kappa shape index (κ2) is 5.21. The van der Waals surface area contributed by atoms with Crippen LogP contribution in [0.5, 0.6) is 0 Å². The highest BCUT2D eigenvalue weighted by molar-refractivity contribution is 6.08. The van der Waals surface area contributed by atoms with Crippen molar-refractivity contribution in [1.29, 1.82) is 0 Å². The second-order valence-electron chi connectivity index (χ2n) is 7.92. The maximum absolute atomic E-state index is 12.4. The van der Waals surface area contributed by atoms with Crippen molar-refractivity contribution in [3.05, 3.63) is 12.2 Å². The van der Waals surface area contributed by atoms with E-state index in [4.69, 9.17) is 0 Å². The van der Waals surface area contributed by atoms with Crippen molar-refractivity contribution in [2.45, 2.75) is 33.6 Å². The topological polar surface area (TPSA) is 66.5 Å². The first kappa shape index (κ1) is 15.3. The average Bonchev–Trinajstić information content (AvgIpc) is 3.07. The molecule has 2 fully saturated rings. The van der Waals surface area contributed by atoms with Gasteiger partial charge in [0.05, 0.1) is 11.8 Å². The molecule has 1 aliphatic heterocycles. The summed E-state index contributed by atoms with van der Waals surface area (Å²) in [4.78, 5) is 38.1. The lowest BCUT2D eigenvalue weighted by molar-refractivity contribution is -0.144. The fourth-order valence-electron chi connectivity index (χ4n) is 3.90. The fraction of sp³-hybridized carbons (Fsp3) is 0.706. The van der Waals surface area contributed by atoms with Gasteiger partial charge in [-0.15, -0.1) is 0 Å². The Kier molecular flexibility index (Phi) is 3.62. The van der Waals surface area contributed by atoms with Gasteiger partial charge in [-0.25, -0.2) is 0 Å². The van der Waals surface area contributed by atoms with Crippen LogP contribution in [0.25, 0.3) is 0 Å². The Morgan fingerprint density at radius 3 is 2.23 bits per heavy atom. The van der Waals surface area contributed by atoms with Crippen molar-refractivity contribution >= 4 is 17.7 Å². The van der Waals surface area contributed by atoms with Crippen LogP contribution < -0.4 is 5.32 Å². The molecule has 0 unspecified atom stereocenters. The molecule has 4 atom stereocenters. The number of rotatable bonds is 4. The minimum atomic E-state index is -0.244. The SMILES string of the molecule is CC(C)(C)CCNC(=O)CN1C(=O)[C@H]2[C@H](C1=O)[C@H]1C=C[C@H]2C1. The van der Waals surface area contributed by atoms with E-state index in [0.717, 1.165) is 12.8 Å². The number of allylic oxidation sites excluding steroid dienone is 2. The van der Waals surface area contributed by atoms with Gasteiger partial charge in [0.2, 0.25) is 17.7 Å². The molecule has 0 spiro atoms. The summed E-state index contributed by atoms with van der Waals surface area (Å²) in [5, 5.41) is 2.81. The van der Waals surface area contributed by atoms with Crippen LogP contribution in [0, 0.1) is 29.1 Å². The second-order valence-corrected chi connectivity index (χ2v) is 7.92. The van der Waals surface area contributed by atoms with Gasteiger partial charge < -0.3 is 5.32 Å². The fourth-order valence-corrected chi connectivity index (χ4v) is 3.90. The largest absolute Gasteiger partial charge is 0.355 e. The number of hydrogen-bond donors (Lipinski definition) is 1. The molecule has 3 aliphatic rings. The summed E-state index contributed by atoms with van der Waals surface area (Å²) in [7, 11) is 0. The third kappa shape index (κ3) is 2.57. The molecule has 1 heterocycles. The number of carbonyl (C=O) groups excluding carboxylic acids is 3. The molecule has 0 aromatic heterocycles. The van der Waals surface area contributed by atoms with E-state index in [1.165, 1.54) is 4.90 Å². The van der Waals surface area contributed by atoms with Crippen LogP contribution in [-0.2, 0) is 14.4 Å². The Hall–Kier alpha value is -1.65. The molecule has 1 N–H and O–H groups in total. The highest BCUT2D eigenvalue weighted by Crippen LogP contribution is 2.52. The summed E-state index contributed by atoms with van der Waals surface area (Å²) in [6.07, 6.45) is 5.90. The summed E-state index contributed by atoms with van der Waals surface area (Å²) in [5.74, 6) is -0.600. The summed E-state index contributed by atoms with van der Waals surface area (Å²) in [6, 6.07) is 0. The number of imide groups is 1. The molecule has 2 aliphatic carbocycles. The summed E-state index contributed by atoms with van der Waals surface area (Å²) in [5.41, 5.74) is 0.147. The van der Waals surface area contributed by atoms with Crippen molar-refractivity contribution in [3.63, 3.8) is 0 Å². The molecule has 0 radical (unpaired) electrons. The third-order valence-electron chi connectivity index (χ3n) is 5.06. The summed E-state index contributed by atoms with van der Waals surface area (Å²) < 4.78 is 0. The van der Waals surface area contributed by atoms with E-state index in [2.05, 4.69) is 38.2 Å². The van der Waals surface area contributed by atoms with Crippen molar-refractivity contribution in [2.75, 3.05) is 13.1 Å². The first-order chi connectivity index (χ1) is 10.3. The number of hydrogen-bond acceptors (Lipinski definition) is 3. The molecule has 3 rings (SSSR count). The molecule has 22 heavy (non-hydrogen) atoms. The minimum absolute atomic E-state index is 0.131. The monoisotopic (exact) mass is 304 g/mol. The van der Waals surface area contributed by atoms with Crippen molar-refractivity contribution in [1.82, 2.24) is 10.2 Å². The highest BCUT2D eigenvalue weighted by Gasteiger charge is 2.59. The van der Waals surface area contributed by atoms with E-state index in [9.17, 15) is 14.4 Å². The molecule has 0 aromatic carbocycles. The maximum atomic E-state index is 12.4. The molecule has 3 amide bonds. The van der Waals surface area contributed by atoms with Crippen LogP contribution in [-0.4, -0.2) is 35.7 Å². The number of fused-ring (bicyclic) bond motifs is 5. The summed E-state index contributed by atoms with van der Waals surface area (Å²) in [6.45, 7) is 6.76. The van der Waals surface area contributed by atoms with E-state index in [1.54, 1.807) is 0 Å². The van der Waals surface area contributed by atoms with Gasteiger partial charge in [0.1, 0.15) is 6.54 Å². The van der Waals surface area contributed by atoms with Gasteiger partial charge in [-0.05, 0) is 30.1 Å². The van der Waals surface area contributed by atoms with E-state index in [1.807, 2.05) is 0 Å². The lowest BCUT2D eigenvalue weighted by Crippen LogP contribution is -2.42. The molecule has 2 bridgehead atoms. The Balaban J connectivity index is 1.57. The van der Waals surface area contributed by atoms with Gasteiger partial charge in [0.15, 0.2) is 0 Å². The van der Waals surface area contributed by atoms with Crippen LogP contribution in [0.2, 0.25) is 0 Å². The predicted molar refractivity (Wildman–Crippen MR) is 81.5 cm³/mol. The molecule has 0 aromatic rings. The Bertz CT molecular complexity index is 517. The van der Waals surface area contributed by atoms with Crippen LogP contribution >= 0.6 is 0 Å². The van der Waals surface area contributed by atoms with Crippen molar-refractivity contribution < 1.29 is 14.4 Å². The van der Waals surface area contributed by atoms with Crippen LogP contribution in [0.3, 0.4) is 0 Å². The van der Waals surface area contributed by atoms with Gasteiger partial charge in [-0.2, -0.15) is 0 Å². The first-order valence-corrected chi connectivity index (χ1v) is 8.08. The zero-order valence-electron chi connectivity index (χ0n) is 13.5. The zero-order chi connectivity index (χ0) is 16.1. The molecule has 1 saturated heterocycles. The molecule has 1 saturated carbocycles. The highest BCUT2D eigenvalue weighted by atomic mass is 16.2. The number of amides is 3. The van der Waals surface area contributed by atoms with E-state index in [-0.39, 0.29) is 53.4 Å². The third-order valence-corrected chi connectivity index (χ3v) is 5.06. The Labute approximate surface area is 131 Å². The standard InChI is InChI=1S/C17H24N2O3/c1-17(2,3)6-7-18-12(20)9-19-15(21)13-10-4-5-11(8-10)14(13)16(19)22/h4-5,10-11,13-14H,6-9H2,1-3H3,(H,18,20)/t10-,11-,13+,14+/m0/s1. The average molecular weight is 304 g/mol. The van der Waals surface area contributed by atoms with E-state index < -0.39 is 0 Å². The quantitative estimate of drug-likeness (QED) is 0.630. The first-order valence-electron chi connectivity index (χ1n) is 8.08.